The van der Waals surface area contributed by atoms with Crippen LogP contribution in [0.5, 0.6) is 0 Å². The van der Waals surface area contributed by atoms with Gasteiger partial charge in [-0.05, 0) is 47.1 Å². The first-order chi connectivity index (χ1) is 9.20. The van der Waals surface area contributed by atoms with Gasteiger partial charge in [-0.25, -0.2) is 4.39 Å². The van der Waals surface area contributed by atoms with Gasteiger partial charge >= 0.3 is 0 Å². The summed E-state index contributed by atoms with van der Waals surface area (Å²) in [6, 6.07) is 5.85. The van der Waals surface area contributed by atoms with Crippen molar-refractivity contribution in [2.24, 2.45) is 0 Å². The van der Waals surface area contributed by atoms with Gasteiger partial charge in [0.2, 0.25) is 0 Å². The molecule has 2 heterocycles. The monoisotopic (exact) mass is 342 g/mol. The molecule has 5 heteroatoms. The summed E-state index contributed by atoms with van der Waals surface area (Å²) in [4.78, 5) is 5.04. The second-order valence-corrected chi connectivity index (χ2v) is 6.86. The zero-order chi connectivity index (χ0) is 13.7. The van der Waals surface area contributed by atoms with Gasteiger partial charge in [-0.3, -0.25) is 4.98 Å². The molecule has 1 unspecified atom stereocenters. The molecule has 0 spiro atoms. The van der Waals surface area contributed by atoms with Crippen molar-refractivity contribution in [3.63, 3.8) is 0 Å². The lowest BCUT2D eigenvalue weighted by atomic mass is 10.0. The predicted molar refractivity (Wildman–Crippen MR) is 81.0 cm³/mol. The second kappa shape index (κ2) is 7.12. The van der Waals surface area contributed by atoms with Crippen LogP contribution in [-0.2, 0) is 6.42 Å². The van der Waals surface area contributed by atoms with E-state index in [1.165, 1.54) is 11.1 Å². The van der Waals surface area contributed by atoms with E-state index in [-0.39, 0.29) is 11.9 Å². The zero-order valence-electron chi connectivity index (χ0n) is 10.7. The summed E-state index contributed by atoms with van der Waals surface area (Å²) >= 11 is 5.15. The van der Waals surface area contributed by atoms with Gasteiger partial charge in [-0.15, -0.1) is 11.3 Å². The van der Waals surface area contributed by atoms with Crippen LogP contribution in [0.4, 0.5) is 4.39 Å². The van der Waals surface area contributed by atoms with E-state index in [1.54, 1.807) is 23.6 Å². The van der Waals surface area contributed by atoms with Gasteiger partial charge in [-0.2, -0.15) is 0 Å². The molecule has 2 nitrogen and oxygen atoms in total. The Morgan fingerprint density at radius 1 is 1.42 bits per heavy atom. The Morgan fingerprint density at radius 3 is 2.89 bits per heavy atom. The summed E-state index contributed by atoms with van der Waals surface area (Å²) in [6.07, 6.45) is 4.73. The molecule has 2 aromatic heterocycles. The van der Waals surface area contributed by atoms with Crippen LogP contribution in [0.1, 0.15) is 29.8 Å². The Bertz CT molecular complexity index is 530. The standard InChI is InChI=1S/C14H16BrFN2S/c1-2-6-18-13(8-10-3-4-14(15)19-10)11-5-7-17-9-12(11)16/h3-5,7,9,13,18H,2,6,8H2,1H3. The zero-order valence-corrected chi connectivity index (χ0v) is 13.1. The van der Waals surface area contributed by atoms with E-state index >= 15 is 0 Å². The van der Waals surface area contributed by atoms with Crippen LogP contribution in [0.25, 0.3) is 0 Å². The Morgan fingerprint density at radius 2 is 2.26 bits per heavy atom. The minimum absolute atomic E-state index is 0.00602. The molecule has 0 aliphatic carbocycles. The van der Waals surface area contributed by atoms with Crippen molar-refractivity contribution in [1.82, 2.24) is 10.3 Å². The number of pyridine rings is 1. The molecule has 1 atom stereocenters. The van der Waals surface area contributed by atoms with Crippen LogP contribution >= 0.6 is 27.3 Å². The topological polar surface area (TPSA) is 24.9 Å². The van der Waals surface area contributed by atoms with Crippen molar-refractivity contribution < 1.29 is 4.39 Å². The average Bonchev–Trinajstić information content (AvgIpc) is 2.81. The summed E-state index contributed by atoms with van der Waals surface area (Å²) < 4.78 is 15.0. The lowest BCUT2D eigenvalue weighted by molar-refractivity contribution is 0.497. The minimum atomic E-state index is -0.244. The maximum absolute atomic E-state index is 13.9. The molecule has 19 heavy (non-hydrogen) atoms. The number of rotatable bonds is 6. The molecule has 0 saturated carbocycles. The third-order valence-corrected chi connectivity index (χ3v) is 4.50. The number of aromatic nitrogens is 1. The van der Waals surface area contributed by atoms with Crippen LogP contribution in [0.3, 0.4) is 0 Å². The summed E-state index contributed by atoms with van der Waals surface area (Å²) in [5.41, 5.74) is 0.688. The van der Waals surface area contributed by atoms with E-state index in [1.807, 2.05) is 6.07 Å². The number of hydrogen-bond acceptors (Lipinski definition) is 3. The second-order valence-electron chi connectivity index (χ2n) is 4.31. The van der Waals surface area contributed by atoms with Gasteiger partial charge in [0.05, 0.1) is 9.98 Å². The van der Waals surface area contributed by atoms with E-state index in [2.05, 4.69) is 39.2 Å². The van der Waals surface area contributed by atoms with Gasteiger partial charge in [0.15, 0.2) is 0 Å². The number of nitrogens with zero attached hydrogens (tertiary/aromatic N) is 1. The van der Waals surface area contributed by atoms with Crippen LogP contribution in [0.15, 0.2) is 34.4 Å². The third kappa shape index (κ3) is 4.09. The van der Waals surface area contributed by atoms with E-state index in [4.69, 9.17) is 0 Å². The quantitative estimate of drug-likeness (QED) is 0.845. The third-order valence-electron chi connectivity index (χ3n) is 2.85. The van der Waals surface area contributed by atoms with Gasteiger partial charge in [-0.1, -0.05) is 6.92 Å². The summed E-state index contributed by atoms with van der Waals surface area (Å²) in [5.74, 6) is -0.244. The Balaban J connectivity index is 2.18. The van der Waals surface area contributed by atoms with E-state index < -0.39 is 0 Å². The molecule has 2 rings (SSSR count). The normalized spacial score (nSPS) is 12.6. The van der Waals surface area contributed by atoms with Gasteiger partial charge in [0, 0.05) is 29.1 Å². The smallest absolute Gasteiger partial charge is 0.146 e. The van der Waals surface area contributed by atoms with E-state index in [0.29, 0.717) is 5.56 Å². The van der Waals surface area contributed by atoms with Crippen molar-refractivity contribution in [3.05, 3.63) is 50.6 Å². The summed E-state index contributed by atoms with van der Waals surface area (Å²) in [5, 5.41) is 3.41. The van der Waals surface area contributed by atoms with Crippen molar-refractivity contribution in [2.75, 3.05) is 6.54 Å². The summed E-state index contributed by atoms with van der Waals surface area (Å²) in [6.45, 7) is 2.98. The minimum Gasteiger partial charge on any atom is -0.310 e. The highest BCUT2D eigenvalue weighted by atomic mass is 79.9. The van der Waals surface area contributed by atoms with Crippen molar-refractivity contribution >= 4 is 27.3 Å². The van der Waals surface area contributed by atoms with Crippen LogP contribution in [0.2, 0.25) is 0 Å². The lowest BCUT2D eigenvalue weighted by Gasteiger charge is -2.18. The molecular formula is C14H16BrFN2S. The fraction of sp³-hybridized carbons (Fsp3) is 0.357. The number of hydrogen-bond donors (Lipinski definition) is 1. The van der Waals surface area contributed by atoms with Crippen LogP contribution in [0, 0.1) is 5.82 Å². The highest BCUT2D eigenvalue weighted by Gasteiger charge is 2.16. The van der Waals surface area contributed by atoms with Crippen molar-refractivity contribution in [1.29, 1.82) is 0 Å². The number of thiophene rings is 1. The highest BCUT2D eigenvalue weighted by molar-refractivity contribution is 9.11. The molecule has 2 aromatic rings. The largest absolute Gasteiger partial charge is 0.310 e. The van der Waals surface area contributed by atoms with E-state index in [0.717, 1.165) is 23.2 Å². The Labute approximate surface area is 125 Å². The fourth-order valence-electron chi connectivity index (χ4n) is 1.94. The molecule has 0 aliphatic heterocycles. The highest BCUT2D eigenvalue weighted by Crippen LogP contribution is 2.27. The van der Waals surface area contributed by atoms with Gasteiger partial charge in [0.1, 0.15) is 5.82 Å². The predicted octanol–water partition coefficient (Wildman–Crippen LogP) is 4.33. The van der Waals surface area contributed by atoms with Crippen molar-refractivity contribution in [3.8, 4) is 0 Å². The first-order valence-electron chi connectivity index (χ1n) is 6.27. The fourth-order valence-corrected chi connectivity index (χ4v) is 3.47. The maximum Gasteiger partial charge on any atom is 0.146 e. The molecule has 0 aromatic carbocycles. The first kappa shape index (κ1) is 14.6. The number of halogens is 2. The maximum atomic E-state index is 13.9. The average molecular weight is 343 g/mol. The SMILES string of the molecule is CCCNC(Cc1ccc(Br)s1)c1ccncc1F. The lowest BCUT2D eigenvalue weighted by Crippen LogP contribution is -2.24. The molecular weight excluding hydrogens is 327 g/mol. The molecule has 0 bridgehead atoms. The molecule has 0 fully saturated rings. The Hall–Kier alpha value is -0.780. The number of nitrogens with one attached hydrogen (secondary N) is 1. The molecule has 0 saturated heterocycles. The van der Waals surface area contributed by atoms with Gasteiger partial charge in [0.25, 0.3) is 0 Å². The van der Waals surface area contributed by atoms with Crippen LogP contribution in [-0.4, -0.2) is 11.5 Å². The van der Waals surface area contributed by atoms with Crippen molar-refractivity contribution in [2.45, 2.75) is 25.8 Å². The van der Waals surface area contributed by atoms with Crippen LogP contribution < -0.4 is 5.32 Å². The molecule has 0 radical (unpaired) electrons. The molecule has 0 amide bonds. The Kier molecular flexibility index (Phi) is 5.48. The van der Waals surface area contributed by atoms with E-state index in [9.17, 15) is 4.39 Å². The molecule has 0 aliphatic rings. The molecule has 1 N–H and O–H groups in total. The van der Waals surface area contributed by atoms with Gasteiger partial charge < -0.3 is 5.32 Å². The first-order valence-corrected chi connectivity index (χ1v) is 7.88. The molecule has 102 valence electrons. The summed E-state index contributed by atoms with van der Waals surface area (Å²) in [7, 11) is 0.